The van der Waals surface area contributed by atoms with E-state index in [0.29, 0.717) is 26.2 Å². The molecule has 0 aromatic carbocycles. The van der Waals surface area contributed by atoms with Gasteiger partial charge in [-0.15, -0.1) is 0 Å². The maximum atomic E-state index is 13.4. The first kappa shape index (κ1) is 11.2. The van der Waals surface area contributed by atoms with Crippen molar-refractivity contribution in [3.63, 3.8) is 0 Å². The van der Waals surface area contributed by atoms with Crippen LogP contribution in [-0.4, -0.2) is 37.3 Å². The molecule has 1 saturated heterocycles. The van der Waals surface area contributed by atoms with Gasteiger partial charge < -0.3 is 15.4 Å². The number of anilines is 1. The number of hydrogen-bond acceptors (Lipinski definition) is 4. The molecule has 2 heterocycles. The molecule has 1 atom stereocenters. The van der Waals surface area contributed by atoms with E-state index < -0.39 is 11.6 Å². The second-order valence-corrected chi connectivity index (χ2v) is 3.63. The highest BCUT2D eigenvalue weighted by Gasteiger charge is 2.22. The van der Waals surface area contributed by atoms with Crippen LogP contribution in [0.1, 0.15) is 0 Å². The molecule has 1 fully saturated rings. The minimum Gasteiger partial charge on any atom is -0.373 e. The van der Waals surface area contributed by atoms with Crippen LogP contribution < -0.4 is 10.6 Å². The molecule has 1 aromatic heterocycles. The van der Waals surface area contributed by atoms with Crippen molar-refractivity contribution in [3.05, 3.63) is 23.9 Å². The lowest BCUT2D eigenvalue weighted by atomic mass is 10.2. The predicted molar refractivity (Wildman–Crippen MR) is 55.2 cm³/mol. The lowest BCUT2D eigenvalue weighted by Crippen LogP contribution is -2.46. The fourth-order valence-electron chi connectivity index (χ4n) is 1.69. The molecule has 6 heteroatoms. The molecule has 88 valence electrons. The monoisotopic (exact) mass is 229 g/mol. The van der Waals surface area contributed by atoms with Crippen molar-refractivity contribution in [1.82, 2.24) is 4.98 Å². The lowest BCUT2D eigenvalue weighted by Gasteiger charge is -2.33. The van der Waals surface area contributed by atoms with Gasteiger partial charge >= 0.3 is 0 Å². The fraction of sp³-hybridized carbons (Fsp3) is 0.500. The van der Waals surface area contributed by atoms with Gasteiger partial charge in [-0.2, -0.15) is 0 Å². The zero-order valence-corrected chi connectivity index (χ0v) is 8.70. The molecule has 4 nitrogen and oxygen atoms in total. The van der Waals surface area contributed by atoms with Crippen LogP contribution in [0.4, 0.5) is 14.6 Å². The van der Waals surface area contributed by atoms with Gasteiger partial charge in [0.2, 0.25) is 0 Å². The Morgan fingerprint density at radius 2 is 2.38 bits per heavy atom. The largest absolute Gasteiger partial charge is 0.373 e. The second-order valence-electron chi connectivity index (χ2n) is 3.63. The first-order chi connectivity index (χ1) is 7.70. The van der Waals surface area contributed by atoms with Crippen molar-refractivity contribution >= 4 is 5.82 Å². The number of morpholine rings is 1. The highest BCUT2D eigenvalue weighted by Crippen LogP contribution is 2.19. The first-order valence-electron chi connectivity index (χ1n) is 5.08. The lowest BCUT2D eigenvalue weighted by molar-refractivity contribution is 0.0460. The van der Waals surface area contributed by atoms with Gasteiger partial charge in [-0.3, -0.25) is 0 Å². The second kappa shape index (κ2) is 4.71. The van der Waals surface area contributed by atoms with Crippen molar-refractivity contribution in [3.8, 4) is 0 Å². The van der Waals surface area contributed by atoms with E-state index in [1.54, 1.807) is 4.90 Å². The van der Waals surface area contributed by atoms with Crippen LogP contribution in [0.5, 0.6) is 0 Å². The average molecular weight is 229 g/mol. The molecule has 1 aliphatic heterocycles. The Hall–Kier alpha value is -1.27. The van der Waals surface area contributed by atoms with Crippen molar-refractivity contribution < 1.29 is 13.5 Å². The van der Waals surface area contributed by atoms with E-state index in [1.165, 1.54) is 0 Å². The number of ether oxygens (including phenoxy) is 1. The fourth-order valence-corrected chi connectivity index (χ4v) is 1.69. The van der Waals surface area contributed by atoms with Crippen LogP contribution in [0.15, 0.2) is 12.3 Å². The average Bonchev–Trinajstić information content (AvgIpc) is 2.29. The maximum absolute atomic E-state index is 13.4. The molecule has 0 spiro atoms. The van der Waals surface area contributed by atoms with Crippen LogP contribution in [0.2, 0.25) is 0 Å². The van der Waals surface area contributed by atoms with E-state index in [1.807, 2.05) is 0 Å². The third-order valence-corrected chi connectivity index (χ3v) is 2.49. The molecule has 2 N–H and O–H groups in total. The van der Waals surface area contributed by atoms with Crippen molar-refractivity contribution in [2.45, 2.75) is 6.10 Å². The zero-order chi connectivity index (χ0) is 11.5. The Bertz CT molecular complexity index is 375. The summed E-state index contributed by atoms with van der Waals surface area (Å²) in [7, 11) is 0. The molecule has 1 unspecified atom stereocenters. The Kier molecular flexibility index (Phi) is 3.31. The smallest absolute Gasteiger partial charge is 0.168 e. The topological polar surface area (TPSA) is 51.4 Å². The number of nitrogens with zero attached hydrogens (tertiary/aromatic N) is 2. The van der Waals surface area contributed by atoms with E-state index in [9.17, 15) is 8.78 Å². The molecule has 0 saturated carbocycles. The number of hydrogen-bond donors (Lipinski definition) is 1. The summed E-state index contributed by atoms with van der Waals surface area (Å²) in [6.07, 6.45) is 0.880. The number of nitrogens with two attached hydrogens (primary N) is 1. The summed E-state index contributed by atoms with van der Waals surface area (Å²) in [4.78, 5) is 5.47. The Morgan fingerprint density at radius 3 is 3.06 bits per heavy atom. The summed E-state index contributed by atoms with van der Waals surface area (Å²) < 4.78 is 31.5. The third-order valence-electron chi connectivity index (χ3n) is 2.49. The van der Waals surface area contributed by atoms with E-state index in [4.69, 9.17) is 10.5 Å². The quantitative estimate of drug-likeness (QED) is 0.803. The van der Waals surface area contributed by atoms with Crippen LogP contribution in [0, 0.1) is 11.6 Å². The van der Waals surface area contributed by atoms with Gasteiger partial charge in [0.05, 0.1) is 18.9 Å². The standard InChI is InChI=1S/C10H13F2N3O/c11-7-3-9(12)10(14-5-7)15-1-2-16-8(4-13)6-15/h3,5,8H,1-2,4,6,13H2. The van der Waals surface area contributed by atoms with E-state index >= 15 is 0 Å². The van der Waals surface area contributed by atoms with Gasteiger partial charge in [-0.1, -0.05) is 0 Å². The molecule has 0 amide bonds. The highest BCUT2D eigenvalue weighted by molar-refractivity contribution is 5.40. The van der Waals surface area contributed by atoms with E-state index in [2.05, 4.69) is 4.98 Å². The normalized spacial score (nSPS) is 21.2. The summed E-state index contributed by atoms with van der Waals surface area (Å²) in [6, 6.07) is 0.829. The predicted octanol–water partition coefficient (Wildman–Crippen LogP) is 0.524. The van der Waals surface area contributed by atoms with Gasteiger partial charge in [0.25, 0.3) is 0 Å². The third kappa shape index (κ3) is 2.28. The maximum Gasteiger partial charge on any atom is 0.168 e. The molecule has 0 aliphatic carbocycles. The van der Waals surface area contributed by atoms with Gasteiger partial charge in [-0.05, 0) is 0 Å². The molecule has 2 rings (SSSR count). The first-order valence-corrected chi connectivity index (χ1v) is 5.08. The van der Waals surface area contributed by atoms with Crippen LogP contribution in [-0.2, 0) is 4.74 Å². The van der Waals surface area contributed by atoms with Crippen molar-refractivity contribution in [2.75, 3.05) is 31.1 Å². The minimum atomic E-state index is -0.676. The molecule has 1 aliphatic rings. The van der Waals surface area contributed by atoms with Crippen molar-refractivity contribution in [1.29, 1.82) is 0 Å². The van der Waals surface area contributed by atoms with Crippen LogP contribution >= 0.6 is 0 Å². The van der Waals surface area contributed by atoms with E-state index in [0.717, 1.165) is 12.3 Å². The van der Waals surface area contributed by atoms with Crippen LogP contribution in [0.3, 0.4) is 0 Å². The van der Waals surface area contributed by atoms with Gasteiger partial charge in [0.15, 0.2) is 11.6 Å². The zero-order valence-electron chi connectivity index (χ0n) is 8.70. The Balaban J connectivity index is 2.16. The number of rotatable bonds is 2. The molecule has 0 radical (unpaired) electrons. The molecule has 0 bridgehead atoms. The number of halogens is 2. The molecular formula is C10H13F2N3O. The highest BCUT2D eigenvalue weighted by atomic mass is 19.1. The summed E-state index contributed by atoms with van der Waals surface area (Å²) in [5, 5.41) is 0. The molecule has 1 aromatic rings. The van der Waals surface area contributed by atoms with Crippen LogP contribution in [0.25, 0.3) is 0 Å². The Morgan fingerprint density at radius 1 is 1.56 bits per heavy atom. The summed E-state index contributed by atoms with van der Waals surface area (Å²) in [5.41, 5.74) is 5.48. The van der Waals surface area contributed by atoms with Crippen molar-refractivity contribution in [2.24, 2.45) is 5.73 Å². The van der Waals surface area contributed by atoms with Gasteiger partial charge in [0, 0.05) is 25.7 Å². The SMILES string of the molecule is NCC1CN(c2ncc(F)cc2F)CCO1. The summed E-state index contributed by atoms with van der Waals surface area (Å²) in [5.74, 6) is -1.18. The van der Waals surface area contributed by atoms with Gasteiger partial charge in [0.1, 0.15) is 5.82 Å². The van der Waals surface area contributed by atoms with E-state index in [-0.39, 0.29) is 11.9 Å². The number of pyridine rings is 1. The summed E-state index contributed by atoms with van der Waals surface area (Å²) in [6.45, 7) is 1.86. The molecular weight excluding hydrogens is 216 g/mol. The molecule has 16 heavy (non-hydrogen) atoms. The minimum absolute atomic E-state index is 0.125. The van der Waals surface area contributed by atoms with Gasteiger partial charge in [-0.25, -0.2) is 13.8 Å². The Labute approximate surface area is 92.0 Å². The number of aromatic nitrogens is 1. The summed E-state index contributed by atoms with van der Waals surface area (Å²) >= 11 is 0.